The predicted molar refractivity (Wildman–Crippen MR) is 76.1 cm³/mol. The fourth-order valence-corrected chi connectivity index (χ4v) is 2.75. The van der Waals surface area contributed by atoms with Gasteiger partial charge in [0.25, 0.3) is 5.91 Å². The van der Waals surface area contributed by atoms with Crippen molar-refractivity contribution in [1.29, 1.82) is 0 Å². The second kappa shape index (κ2) is 6.58. The molecule has 0 aliphatic rings. The summed E-state index contributed by atoms with van der Waals surface area (Å²) >= 11 is 5.63. The largest absolute Gasteiger partial charge is 0.418 e. The topological polar surface area (TPSA) is 55.5 Å². The first kappa shape index (κ1) is 17.0. The molecular weight excluding hydrogens is 313 g/mol. The number of rotatable bonds is 3. The Morgan fingerprint density at radius 1 is 1.35 bits per heavy atom. The zero-order valence-corrected chi connectivity index (χ0v) is 12.5. The van der Waals surface area contributed by atoms with Crippen LogP contribution in [0.15, 0.2) is 16.5 Å². The Hall–Kier alpha value is -1.08. The number of nitrogens with zero attached hydrogens (tertiary/aromatic N) is 1. The summed E-state index contributed by atoms with van der Waals surface area (Å²) in [5.41, 5.74) is 3.39. The number of halogens is 4. The number of nitrogens with two attached hydrogens (primary N) is 1. The van der Waals surface area contributed by atoms with Crippen LogP contribution in [-0.2, 0) is 16.9 Å². The van der Waals surface area contributed by atoms with Crippen molar-refractivity contribution in [2.45, 2.75) is 20.0 Å². The van der Waals surface area contributed by atoms with Gasteiger partial charge in [0, 0.05) is 16.5 Å². The van der Waals surface area contributed by atoms with E-state index in [4.69, 9.17) is 17.3 Å². The standard InChI is InChI=1S/C12H14ClF3N2OS/c1-3-20(4-2)18-11(19)8-5-7(13)6-9(10(8)17)12(14,15)16/h5-6H,3-4,17H2,1-2H3. The average molecular weight is 327 g/mol. The van der Waals surface area contributed by atoms with E-state index in [2.05, 4.69) is 4.36 Å². The van der Waals surface area contributed by atoms with Crippen molar-refractivity contribution >= 4 is 33.9 Å². The molecule has 0 aromatic heterocycles. The molecule has 0 saturated heterocycles. The van der Waals surface area contributed by atoms with E-state index in [1.807, 2.05) is 13.8 Å². The highest BCUT2D eigenvalue weighted by molar-refractivity contribution is 7.87. The van der Waals surface area contributed by atoms with Crippen LogP contribution >= 0.6 is 11.6 Å². The summed E-state index contributed by atoms with van der Waals surface area (Å²) in [5.74, 6) is 0.534. The first-order valence-electron chi connectivity index (χ1n) is 5.80. The Morgan fingerprint density at radius 3 is 2.35 bits per heavy atom. The van der Waals surface area contributed by atoms with Crippen LogP contribution in [0.4, 0.5) is 18.9 Å². The highest BCUT2D eigenvalue weighted by Gasteiger charge is 2.35. The van der Waals surface area contributed by atoms with Crippen LogP contribution in [0, 0.1) is 0 Å². The summed E-state index contributed by atoms with van der Waals surface area (Å²) in [6.07, 6.45) is -4.67. The minimum atomic E-state index is -4.67. The van der Waals surface area contributed by atoms with Crippen LogP contribution in [0.25, 0.3) is 0 Å². The van der Waals surface area contributed by atoms with Crippen molar-refractivity contribution in [3.63, 3.8) is 0 Å². The van der Waals surface area contributed by atoms with Gasteiger partial charge in [0.05, 0.1) is 16.8 Å². The number of hydrogen-bond acceptors (Lipinski definition) is 2. The van der Waals surface area contributed by atoms with E-state index in [1.165, 1.54) is 0 Å². The van der Waals surface area contributed by atoms with Gasteiger partial charge in [0.1, 0.15) is 0 Å². The third kappa shape index (κ3) is 3.96. The number of nitrogen functional groups attached to an aromatic ring is 1. The van der Waals surface area contributed by atoms with E-state index in [9.17, 15) is 18.0 Å². The SMILES string of the molecule is CCS(CC)=NC(=O)c1cc(Cl)cc(C(F)(F)F)c1N. The van der Waals surface area contributed by atoms with Gasteiger partial charge in [0.2, 0.25) is 0 Å². The summed E-state index contributed by atoms with van der Waals surface area (Å²) in [7, 11) is -0.516. The number of hydrogen-bond donors (Lipinski definition) is 1. The Labute approximate surface area is 122 Å². The minimum absolute atomic E-state index is 0.196. The van der Waals surface area contributed by atoms with Crippen molar-refractivity contribution in [2.24, 2.45) is 4.36 Å². The molecule has 0 spiro atoms. The first-order chi connectivity index (χ1) is 9.20. The lowest BCUT2D eigenvalue weighted by molar-refractivity contribution is -0.136. The Bertz CT molecular complexity index is 552. The lowest BCUT2D eigenvalue weighted by atomic mass is 10.1. The van der Waals surface area contributed by atoms with Crippen molar-refractivity contribution in [1.82, 2.24) is 0 Å². The van der Waals surface area contributed by atoms with Gasteiger partial charge < -0.3 is 5.73 Å². The number of amides is 1. The van der Waals surface area contributed by atoms with Crippen LogP contribution in [-0.4, -0.2) is 17.4 Å². The number of carbonyl (C=O) groups excluding carboxylic acids is 1. The Morgan fingerprint density at radius 2 is 1.90 bits per heavy atom. The maximum atomic E-state index is 12.8. The molecule has 0 unspecified atom stereocenters. The molecule has 0 aliphatic heterocycles. The van der Waals surface area contributed by atoms with Crippen LogP contribution in [0.5, 0.6) is 0 Å². The van der Waals surface area contributed by atoms with Gasteiger partial charge >= 0.3 is 6.18 Å². The average Bonchev–Trinajstić information content (AvgIpc) is 2.36. The highest BCUT2D eigenvalue weighted by Crippen LogP contribution is 2.37. The van der Waals surface area contributed by atoms with E-state index >= 15 is 0 Å². The van der Waals surface area contributed by atoms with Gasteiger partial charge in [-0.15, -0.1) is 0 Å². The summed E-state index contributed by atoms with van der Waals surface area (Å²) < 4.78 is 42.3. The quantitative estimate of drug-likeness (QED) is 0.856. The molecule has 3 nitrogen and oxygen atoms in total. The van der Waals surface area contributed by atoms with E-state index in [0.717, 1.165) is 6.07 Å². The third-order valence-electron chi connectivity index (χ3n) is 2.56. The molecule has 1 aromatic rings. The van der Waals surface area contributed by atoms with Crippen LogP contribution < -0.4 is 5.73 Å². The van der Waals surface area contributed by atoms with Gasteiger partial charge in [-0.1, -0.05) is 36.1 Å². The molecule has 1 amide bonds. The second-order valence-corrected chi connectivity index (χ2v) is 6.55. The first-order valence-corrected chi connectivity index (χ1v) is 7.70. The summed E-state index contributed by atoms with van der Waals surface area (Å²) in [6, 6.07) is 1.82. The monoisotopic (exact) mass is 326 g/mol. The molecule has 0 atom stereocenters. The molecule has 1 rings (SSSR count). The van der Waals surface area contributed by atoms with E-state index < -0.39 is 34.0 Å². The second-order valence-electron chi connectivity index (χ2n) is 3.85. The zero-order chi connectivity index (χ0) is 15.5. The fourth-order valence-electron chi connectivity index (χ4n) is 1.53. The van der Waals surface area contributed by atoms with E-state index in [-0.39, 0.29) is 10.6 Å². The number of alkyl halides is 3. The molecule has 0 bridgehead atoms. The Kier molecular flexibility index (Phi) is 5.59. The lowest BCUT2D eigenvalue weighted by Gasteiger charge is -2.13. The van der Waals surface area contributed by atoms with Gasteiger partial charge in [-0.2, -0.15) is 17.5 Å². The zero-order valence-electron chi connectivity index (χ0n) is 10.9. The van der Waals surface area contributed by atoms with Gasteiger partial charge in [-0.05, 0) is 12.1 Å². The van der Waals surface area contributed by atoms with E-state index in [1.54, 1.807) is 0 Å². The molecule has 0 saturated carbocycles. The summed E-state index contributed by atoms with van der Waals surface area (Å²) in [4.78, 5) is 12.0. The number of anilines is 1. The highest BCUT2D eigenvalue weighted by atomic mass is 35.5. The number of carbonyl (C=O) groups is 1. The molecule has 0 fully saturated rings. The third-order valence-corrected chi connectivity index (χ3v) is 4.53. The van der Waals surface area contributed by atoms with Crippen molar-refractivity contribution < 1.29 is 18.0 Å². The molecule has 8 heteroatoms. The minimum Gasteiger partial charge on any atom is -0.398 e. The van der Waals surface area contributed by atoms with Crippen molar-refractivity contribution in [3.05, 3.63) is 28.3 Å². The van der Waals surface area contributed by atoms with Gasteiger partial charge in [-0.25, -0.2) is 0 Å². The predicted octanol–water partition coefficient (Wildman–Crippen LogP) is 3.92. The van der Waals surface area contributed by atoms with Crippen LogP contribution in [0.3, 0.4) is 0 Å². The lowest BCUT2D eigenvalue weighted by Crippen LogP contribution is -2.13. The molecule has 20 heavy (non-hydrogen) atoms. The Balaban J connectivity index is 3.36. The summed E-state index contributed by atoms with van der Waals surface area (Å²) in [5, 5.41) is -0.196. The smallest absolute Gasteiger partial charge is 0.398 e. The van der Waals surface area contributed by atoms with Gasteiger partial charge in [-0.3, -0.25) is 4.79 Å². The fraction of sp³-hybridized carbons (Fsp3) is 0.417. The number of benzene rings is 1. The maximum Gasteiger partial charge on any atom is 0.418 e. The van der Waals surface area contributed by atoms with Gasteiger partial charge in [0.15, 0.2) is 0 Å². The molecule has 0 radical (unpaired) electrons. The van der Waals surface area contributed by atoms with Crippen LogP contribution in [0.2, 0.25) is 5.02 Å². The van der Waals surface area contributed by atoms with Crippen LogP contribution in [0.1, 0.15) is 29.8 Å². The van der Waals surface area contributed by atoms with Crippen molar-refractivity contribution in [3.8, 4) is 0 Å². The molecule has 0 heterocycles. The van der Waals surface area contributed by atoms with E-state index in [0.29, 0.717) is 17.6 Å². The molecule has 112 valence electrons. The molecule has 1 aromatic carbocycles. The maximum absolute atomic E-state index is 12.8. The molecular formula is C12H14ClF3N2OS. The summed E-state index contributed by atoms with van der Waals surface area (Å²) in [6.45, 7) is 3.71. The molecule has 0 aliphatic carbocycles. The van der Waals surface area contributed by atoms with Crippen molar-refractivity contribution in [2.75, 3.05) is 17.2 Å². The normalized spacial score (nSPS) is 11.8. The molecule has 2 N–H and O–H groups in total.